The van der Waals surface area contributed by atoms with Crippen LogP contribution in [0.15, 0.2) is 46.4 Å². The van der Waals surface area contributed by atoms with Crippen molar-refractivity contribution in [2.75, 3.05) is 0 Å². The van der Waals surface area contributed by atoms with Gasteiger partial charge < -0.3 is 20.4 Å². The zero-order valence-corrected chi connectivity index (χ0v) is 16.1. The van der Waals surface area contributed by atoms with Crippen molar-refractivity contribution in [3.63, 3.8) is 0 Å². The van der Waals surface area contributed by atoms with Gasteiger partial charge in [-0.2, -0.15) is 0 Å². The van der Waals surface area contributed by atoms with Gasteiger partial charge in [0.25, 0.3) is 0 Å². The number of nitrogens with zero attached hydrogens (tertiary/aromatic N) is 2. The zero-order valence-electron chi connectivity index (χ0n) is 16.1. The van der Waals surface area contributed by atoms with E-state index in [0.717, 1.165) is 25.7 Å². The third-order valence-electron chi connectivity index (χ3n) is 5.10. The fourth-order valence-corrected chi connectivity index (χ4v) is 3.47. The summed E-state index contributed by atoms with van der Waals surface area (Å²) in [6.45, 7) is 0. The molecule has 0 unspecified atom stereocenters. The van der Waals surface area contributed by atoms with Crippen molar-refractivity contribution in [3.05, 3.63) is 58.7 Å². The lowest BCUT2D eigenvalue weighted by molar-refractivity contribution is 0.0682. The van der Waals surface area contributed by atoms with Crippen LogP contribution in [0.4, 0.5) is 0 Å². The molecule has 4 N–H and O–H groups in total. The second-order valence-electron chi connectivity index (χ2n) is 7.07. The number of carboxylic acid groups (broad SMARTS) is 2. The van der Waals surface area contributed by atoms with Gasteiger partial charge in [-0.05, 0) is 37.1 Å². The summed E-state index contributed by atoms with van der Waals surface area (Å²) in [6.07, 6.45) is 6.41. The van der Waals surface area contributed by atoms with Crippen molar-refractivity contribution in [2.45, 2.75) is 37.8 Å². The molecule has 1 aliphatic rings. The first-order chi connectivity index (χ1) is 14.4. The highest BCUT2D eigenvalue weighted by molar-refractivity contribution is 5.96. The molecular weight excluding hydrogens is 388 g/mol. The lowest BCUT2D eigenvalue weighted by Gasteiger charge is -2.25. The maximum Gasteiger partial charge on any atom is 0.339 e. The smallest absolute Gasteiger partial charge is 0.339 e. The van der Waals surface area contributed by atoms with Gasteiger partial charge in [-0.1, -0.05) is 25.0 Å². The molecule has 3 rings (SSSR count). The van der Waals surface area contributed by atoms with Crippen LogP contribution in [0.25, 0.3) is 0 Å². The number of aromatic carboxylic acids is 2. The predicted molar refractivity (Wildman–Crippen MR) is 111 cm³/mol. The number of aromatic hydroxyl groups is 2. The van der Waals surface area contributed by atoms with Gasteiger partial charge in [0, 0.05) is 23.6 Å². The minimum absolute atomic E-state index is 0.173. The van der Waals surface area contributed by atoms with E-state index in [4.69, 9.17) is 10.2 Å². The summed E-state index contributed by atoms with van der Waals surface area (Å²) in [5, 5.41) is 38.5. The first-order valence-electron chi connectivity index (χ1n) is 9.55. The molecular formula is C22H22N2O6. The molecule has 1 fully saturated rings. The molecule has 2 aromatic carbocycles. The summed E-state index contributed by atoms with van der Waals surface area (Å²) in [7, 11) is 0. The first-order valence-corrected chi connectivity index (χ1v) is 9.55. The summed E-state index contributed by atoms with van der Waals surface area (Å²) >= 11 is 0. The lowest BCUT2D eigenvalue weighted by atomic mass is 9.91. The number of phenols is 2. The van der Waals surface area contributed by atoms with Crippen LogP contribution in [-0.2, 0) is 0 Å². The Morgan fingerprint density at radius 3 is 1.53 bits per heavy atom. The molecule has 1 aliphatic carbocycles. The van der Waals surface area contributed by atoms with Crippen LogP contribution < -0.4 is 0 Å². The molecule has 2 aromatic rings. The van der Waals surface area contributed by atoms with Crippen molar-refractivity contribution in [1.29, 1.82) is 0 Å². The van der Waals surface area contributed by atoms with Crippen molar-refractivity contribution in [2.24, 2.45) is 9.98 Å². The second-order valence-corrected chi connectivity index (χ2v) is 7.07. The molecule has 8 heteroatoms. The van der Waals surface area contributed by atoms with Crippen LogP contribution in [0.2, 0.25) is 0 Å². The average molecular weight is 410 g/mol. The fraction of sp³-hybridized carbons (Fsp3) is 0.273. The summed E-state index contributed by atoms with van der Waals surface area (Å²) in [5.41, 5.74) is 0.252. The van der Waals surface area contributed by atoms with Gasteiger partial charge in [-0.3, -0.25) is 9.98 Å². The Morgan fingerprint density at radius 2 is 1.17 bits per heavy atom. The van der Waals surface area contributed by atoms with Crippen molar-refractivity contribution < 1.29 is 30.0 Å². The third kappa shape index (κ3) is 4.65. The number of aliphatic imine (C=N–C) groups is 2. The minimum Gasteiger partial charge on any atom is -0.506 e. The van der Waals surface area contributed by atoms with Gasteiger partial charge in [-0.25, -0.2) is 9.59 Å². The van der Waals surface area contributed by atoms with Crippen LogP contribution in [0.1, 0.15) is 57.5 Å². The number of para-hydroxylation sites is 2. The van der Waals surface area contributed by atoms with Crippen LogP contribution in [-0.4, -0.2) is 56.9 Å². The van der Waals surface area contributed by atoms with Crippen LogP contribution in [0, 0.1) is 0 Å². The van der Waals surface area contributed by atoms with E-state index in [1.165, 1.54) is 24.6 Å². The number of rotatable bonds is 6. The Morgan fingerprint density at radius 1 is 0.767 bits per heavy atom. The lowest BCUT2D eigenvalue weighted by Crippen LogP contribution is -2.27. The monoisotopic (exact) mass is 410 g/mol. The standard InChI is InChI=1S/C22H22N2O6/c25-19-13(5-3-7-15(19)21(27)28)11-23-17-9-1-2-10-18(17)24-12-14-6-4-8-16(20(14)26)22(29)30/h3-8,11-12,17-18,25-26H,1-2,9-10H2,(H,27,28)(H,29,30)/t17-,18-/m1/s1. The summed E-state index contributed by atoms with van der Waals surface area (Å²) in [6, 6.07) is 8.54. The quantitative estimate of drug-likeness (QED) is 0.539. The van der Waals surface area contributed by atoms with Gasteiger partial charge >= 0.3 is 11.9 Å². The molecule has 0 radical (unpaired) electrons. The normalized spacial score (nSPS) is 19.3. The summed E-state index contributed by atoms with van der Waals surface area (Å²) in [5.74, 6) is -3.10. The van der Waals surface area contributed by atoms with E-state index < -0.39 is 11.9 Å². The van der Waals surface area contributed by atoms with Gasteiger partial charge in [0.05, 0.1) is 12.1 Å². The zero-order chi connectivity index (χ0) is 21.7. The number of hydrogen-bond donors (Lipinski definition) is 4. The Kier molecular flexibility index (Phi) is 6.46. The SMILES string of the molecule is O=C(O)c1cccc(C=N[C@@H]2CCCC[C@H]2N=Cc2cccc(C(=O)O)c2O)c1O. The maximum atomic E-state index is 11.2. The first kappa shape index (κ1) is 21.0. The summed E-state index contributed by atoms with van der Waals surface area (Å²) < 4.78 is 0. The molecule has 0 spiro atoms. The number of carbonyl (C=O) groups is 2. The van der Waals surface area contributed by atoms with E-state index in [0.29, 0.717) is 11.1 Å². The van der Waals surface area contributed by atoms with Crippen LogP contribution in [0.5, 0.6) is 11.5 Å². The minimum atomic E-state index is -1.22. The molecule has 8 nitrogen and oxygen atoms in total. The molecule has 1 saturated carbocycles. The van der Waals surface area contributed by atoms with E-state index in [9.17, 15) is 19.8 Å². The molecule has 0 saturated heterocycles. The molecule has 0 aliphatic heterocycles. The van der Waals surface area contributed by atoms with E-state index >= 15 is 0 Å². The molecule has 2 atom stereocenters. The van der Waals surface area contributed by atoms with Crippen molar-refractivity contribution in [3.8, 4) is 11.5 Å². The van der Waals surface area contributed by atoms with Gasteiger partial charge in [0.15, 0.2) is 0 Å². The molecule has 0 amide bonds. The van der Waals surface area contributed by atoms with Crippen LogP contribution in [0.3, 0.4) is 0 Å². The molecule has 0 bridgehead atoms. The maximum absolute atomic E-state index is 11.2. The number of hydrogen-bond acceptors (Lipinski definition) is 6. The largest absolute Gasteiger partial charge is 0.506 e. The number of carboxylic acids is 2. The Balaban J connectivity index is 1.81. The molecule has 30 heavy (non-hydrogen) atoms. The van der Waals surface area contributed by atoms with E-state index in [2.05, 4.69) is 9.98 Å². The number of benzene rings is 2. The molecule has 156 valence electrons. The topological polar surface area (TPSA) is 140 Å². The highest BCUT2D eigenvalue weighted by atomic mass is 16.4. The van der Waals surface area contributed by atoms with Gasteiger partial charge in [0.1, 0.15) is 22.6 Å². The fourth-order valence-electron chi connectivity index (χ4n) is 3.47. The Labute approximate surface area is 172 Å². The highest BCUT2D eigenvalue weighted by Crippen LogP contribution is 2.27. The van der Waals surface area contributed by atoms with Crippen LogP contribution >= 0.6 is 0 Å². The predicted octanol–water partition coefficient (Wildman–Crippen LogP) is 3.34. The van der Waals surface area contributed by atoms with Gasteiger partial charge in [0.2, 0.25) is 0 Å². The van der Waals surface area contributed by atoms with Gasteiger partial charge in [-0.15, -0.1) is 0 Å². The van der Waals surface area contributed by atoms with E-state index in [1.807, 2.05) is 0 Å². The molecule has 0 aromatic heterocycles. The highest BCUT2D eigenvalue weighted by Gasteiger charge is 2.24. The van der Waals surface area contributed by atoms with Crippen molar-refractivity contribution >= 4 is 24.4 Å². The van der Waals surface area contributed by atoms with E-state index in [-0.39, 0.29) is 34.7 Å². The second kappa shape index (κ2) is 9.21. The Hall–Kier alpha value is -3.68. The Bertz CT molecular complexity index is 933. The third-order valence-corrected chi connectivity index (χ3v) is 5.10. The molecule has 0 heterocycles. The van der Waals surface area contributed by atoms with E-state index in [1.54, 1.807) is 24.3 Å². The average Bonchev–Trinajstić information content (AvgIpc) is 2.72. The summed E-state index contributed by atoms with van der Waals surface area (Å²) in [4.78, 5) is 31.4. The van der Waals surface area contributed by atoms with Crippen molar-refractivity contribution in [1.82, 2.24) is 0 Å².